The van der Waals surface area contributed by atoms with Gasteiger partial charge in [0.2, 0.25) is 0 Å². The zero-order chi connectivity index (χ0) is 9.35. The molecule has 0 N–H and O–H groups in total. The third kappa shape index (κ3) is 1.66. The highest BCUT2D eigenvalue weighted by Gasteiger charge is 2.26. The standard InChI is InChI=1S/C9H16N2S/c1-7-6-9(2,3)11(4)8(10-7)12-5/h6H,1-5H3. The molecule has 0 spiro atoms. The topological polar surface area (TPSA) is 15.6 Å². The van der Waals surface area contributed by atoms with Crippen molar-refractivity contribution in [1.82, 2.24) is 4.90 Å². The molecule has 0 unspecified atom stereocenters. The first kappa shape index (κ1) is 9.65. The van der Waals surface area contributed by atoms with Gasteiger partial charge in [0.25, 0.3) is 0 Å². The van der Waals surface area contributed by atoms with E-state index in [1.165, 1.54) is 0 Å². The van der Waals surface area contributed by atoms with E-state index in [1.54, 1.807) is 11.8 Å². The minimum Gasteiger partial charge on any atom is -0.346 e. The molecule has 1 aliphatic rings. The number of nitrogens with zero attached hydrogens (tertiary/aromatic N) is 2. The lowest BCUT2D eigenvalue weighted by Crippen LogP contribution is -2.44. The molecular weight excluding hydrogens is 168 g/mol. The van der Waals surface area contributed by atoms with Gasteiger partial charge in [-0.3, -0.25) is 0 Å². The lowest BCUT2D eigenvalue weighted by molar-refractivity contribution is 0.319. The van der Waals surface area contributed by atoms with Crippen LogP contribution in [0.5, 0.6) is 0 Å². The Labute approximate surface area is 78.7 Å². The molecule has 0 aromatic rings. The Morgan fingerprint density at radius 2 is 2.08 bits per heavy atom. The van der Waals surface area contributed by atoms with Gasteiger partial charge in [-0.05, 0) is 33.1 Å². The predicted octanol–water partition coefficient (Wildman–Crippen LogP) is 2.33. The van der Waals surface area contributed by atoms with Crippen LogP contribution in [0.4, 0.5) is 0 Å². The molecule has 0 aromatic heterocycles. The minimum absolute atomic E-state index is 0.101. The summed E-state index contributed by atoms with van der Waals surface area (Å²) in [5.74, 6) is 0. The summed E-state index contributed by atoms with van der Waals surface area (Å²) in [7, 11) is 2.08. The Balaban J connectivity index is 2.99. The zero-order valence-electron chi connectivity index (χ0n) is 8.38. The van der Waals surface area contributed by atoms with Crippen molar-refractivity contribution in [3.63, 3.8) is 0 Å². The molecule has 1 rings (SSSR count). The fourth-order valence-electron chi connectivity index (χ4n) is 1.30. The maximum atomic E-state index is 4.44. The molecule has 2 nitrogen and oxygen atoms in total. The van der Waals surface area contributed by atoms with Gasteiger partial charge in [0.05, 0.1) is 5.54 Å². The first-order chi connectivity index (χ1) is 5.47. The smallest absolute Gasteiger partial charge is 0.164 e. The first-order valence-electron chi connectivity index (χ1n) is 4.03. The highest BCUT2D eigenvalue weighted by atomic mass is 32.2. The summed E-state index contributed by atoms with van der Waals surface area (Å²) in [6, 6.07) is 0. The van der Waals surface area contributed by atoms with Crippen molar-refractivity contribution >= 4 is 16.9 Å². The summed E-state index contributed by atoms with van der Waals surface area (Å²) in [4.78, 5) is 6.64. The van der Waals surface area contributed by atoms with Gasteiger partial charge >= 0.3 is 0 Å². The van der Waals surface area contributed by atoms with E-state index in [0.717, 1.165) is 10.9 Å². The van der Waals surface area contributed by atoms with Gasteiger partial charge in [-0.1, -0.05) is 11.8 Å². The second-order valence-electron chi connectivity index (χ2n) is 3.60. The van der Waals surface area contributed by atoms with Gasteiger partial charge in [-0.25, -0.2) is 4.99 Å². The van der Waals surface area contributed by atoms with E-state index >= 15 is 0 Å². The van der Waals surface area contributed by atoms with Crippen molar-refractivity contribution in [3.8, 4) is 0 Å². The summed E-state index contributed by atoms with van der Waals surface area (Å²) >= 11 is 1.69. The Bertz CT molecular complexity index is 241. The fourth-order valence-corrected chi connectivity index (χ4v) is 2.04. The molecule has 0 aromatic carbocycles. The number of allylic oxidation sites excluding steroid dienone is 1. The van der Waals surface area contributed by atoms with E-state index in [1.807, 2.05) is 6.92 Å². The van der Waals surface area contributed by atoms with Gasteiger partial charge in [0, 0.05) is 12.7 Å². The van der Waals surface area contributed by atoms with E-state index in [-0.39, 0.29) is 5.54 Å². The third-order valence-corrected chi connectivity index (χ3v) is 2.90. The molecule has 68 valence electrons. The van der Waals surface area contributed by atoms with E-state index in [4.69, 9.17) is 0 Å². The SMILES string of the molecule is CSC1=NC(C)=CC(C)(C)N1C. The van der Waals surface area contributed by atoms with Crippen LogP contribution in [0.25, 0.3) is 0 Å². The molecule has 12 heavy (non-hydrogen) atoms. The maximum Gasteiger partial charge on any atom is 0.164 e. The highest BCUT2D eigenvalue weighted by molar-refractivity contribution is 8.13. The summed E-state index contributed by atoms with van der Waals surface area (Å²) in [5, 5.41) is 1.10. The Kier molecular flexibility index (Phi) is 2.52. The van der Waals surface area contributed by atoms with Crippen LogP contribution in [0, 0.1) is 0 Å². The van der Waals surface area contributed by atoms with Crippen LogP contribution in [-0.2, 0) is 0 Å². The normalized spacial score (nSPS) is 21.9. The van der Waals surface area contributed by atoms with E-state index < -0.39 is 0 Å². The molecule has 0 radical (unpaired) electrons. The maximum absolute atomic E-state index is 4.44. The molecule has 0 fully saturated rings. The van der Waals surface area contributed by atoms with Crippen molar-refractivity contribution in [2.45, 2.75) is 26.3 Å². The molecule has 0 saturated carbocycles. The summed E-state index contributed by atoms with van der Waals surface area (Å²) in [6.07, 6.45) is 4.25. The Morgan fingerprint density at radius 1 is 1.50 bits per heavy atom. The molecule has 0 amide bonds. The monoisotopic (exact) mass is 184 g/mol. The lowest BCUT2D eigenvalue weighted by atomic mass is 10.0. The molecule has 0 bridgehead atoms. The molecule has 1 aliphatic heterocycles. The van der Waals surface area contributed by atoms with Gasteiger partial charge < -0.3 is 4.90 Å². The summed E-state index contributed by atoms with van der Waals surface area (Å²) in [5.41, 5.74) is 1.21. The first-order valence-corrected chi connectivity index (χ1v) is 5.26. The largest absolute Gasteiger partial charge is 0.346 e. The van der Waals surface area contributed by atoms with Crippen LogP contribution in [0.1, 0.15) is 20.8 Å². The van der Waals surface area contributed by atoms with Crippen molar-refractivity contribution in [3.05, 3.63) is 11.8 Å². The zero-order valence-corrected chi connectivity index (χ0v) is 9.20. The van der Waals surface area contributed by atoms with Crippen LogP contribution < -0.4 is 0 Å². The fraction of sp³-hybridized carbons (Fsp3) is 0.667. The van der Waals surface area contributed by atoms with E-state index in [9.17, 15) is 0 Å². The summed E-state index contributed by atoms with van der Waals surface area (Å²) < 4.78 is 0. The molecular formula is C9H16N2S. The lowest BCUT2D eigenvalue weighted by Gasteiger charge is -2.37. The highest BCUT2D eigenvalue weighted by Crippen LogP contribution is 2.25. The molecule has 0 saturated heterocycles. The average molecular weight is 184 g/mol. The van der Waals surface area contributed by atoms with Crippen LogP contribution in [-0.4, -0.2) is 28.9 Å². The number of aliphatic imine (C=N–C) groups is 1. The third-order valence-electron chi connectivity index (χ3n) is 2.17. The second-order valence-corrected chi connectivity index (χ2v) is 4.37. The molecule has 3 heteroatoms. The second kappa shape index (κ2) is 3.13. The van der Waals surface area contributed by atoms with Gasteiger partial charge in [0.1, 0.15) is 0 Å². The number of hydrogen-bond donors (Lipinski definition) is 0. The summed E-state index contributed by atoms with van der Waals surface area (Å²) in [6.45, 7) is 6.44. The predicted molar refractivity (Wildman–Crippen MR) is 56.5 cm³/mol. The van der Waals surface area contributed by atoms with Crippen molar-refractivity contribution < 1.29 is 0 Å². The van der Waals surface area contributed by atoms with E-state index in [0.29, 0.717) is 0 Å². The van der Waals surface area contributed by atoms with Crippen molar-refractivity contribution in [2.75, 3.05) is 13.3 Å². The van der Waals surface area contributed by atoms with Gasteiger partial charge in [0.15, 0.2) is 5.17 Å². The van der Waals surface area contributed by atoms with Crippen molar-refractivity contribution in [1.29, 1.82) is 0 Å². The quantitative estimate of drug-likeness (QED) is 0.574. The molecule has 1 heterocycles. The van der Waals surface area contributed by atoms with Crippen LogP contribution in [0.3, 0.4) is 0 Å². The van der Waals surface area contributed by atoms with Crippen molar-refractivity contribution in [2.24, 2.45) is 4.99 Å². The van der Waals surface area contributed by atoms with Gasteiger partial charge in [-0.15, -0.1) is 0 Å². The number of likely N-dealkylation sites (N-methyl/N-ethyl adjacent to an activating group) is 1. The number of hydrogen-bond acceptors (Lipinski definition) is 3. The number of thioether (sulfide) groups is 1. The molecule has 0 atom stereocenters. The number of amidine groups is 1. The Morgan fingerprint density at radius 3 is 2.58 bits per heavy atom. The van der Waals surface area contributed by atoms with Gasteiger partial charge in [-0.2, -0.15) is 0 Å². The minimum atomic E-state index is 0.101. The van der Waals surface area contributed by atoms with Crippen LogP contribution >= 0.6 is 11.8 Å². The number of rotatable bonds is 0. The Hall–Kier alpha value is -0.440. The average Bonchev–Trinajstić information content (AvgIpc) is 1.96. The van der Waals surface area contributed by atoms with E-state index in [2.05, 4.69) is 43.1 Å². The molecule has 0 aliphatic carbocycles. The van der Waals surface area contributed by atoms with Crippen LogP contribution in [0.15, 0.2) is 16.8 Å². The van der Waals surface area contributed by atoms with Crippen LogP contribution in [0.2, 0.25) is 0 Å².